The number of hydroxylamine groups is 2. The number of nitrogens with zero attached hydrogens (tertiary/aromatic N) is 2. The number of hydrogen-bond acceptors (Lipinski definition) is 6. The molecule has 0 aromatic heterocycles. The summed E-state index contributed by atoms with van der Waals surface area (Å²) in [6.45, 7) is 3.98. The van der Waals surface area contributed by atoms with E-state index >= 15 is 0 Å². The second kappa shape index (κ2) is 12.2. The Morgan fingerprint density at radius 3 is 2.29 bits per heavy atom. The van der Waals surface area contributed by atoms with E-state index in [0.717, 1.165) is 31.6 Å². The van der Waals surface area contributed by atoms with Crippen molar-refractivity contribution >= 4 is 28.9 Å². The molecule has 1 aromatic carbocycles. The Morgan fingerprint density at radius 1 is 1.11 bits per heavy atom. The molecule has 0 spiro atoms. The second-order valence-corrected chi connectivity index (χ2v) is 7.80. The predicted molar refractivity (Wildman–Crippen MR) is 113 cm³/mol. The van der Waals surface area contributed by atoms with Crippen LogP contribution >= 0.6 is 23.2 Å². The van der Waals surface area contributed by atoms with Gasteiger partial charge in [-0.1, -0.05) is 12.1 Å². The van der Waals surface area contributed by atoms with Gasteiger partial charge in [-0.2, -0.15) is 5.06 Å². The van der Waals surface area contributed by atoms with Crippen LogP contribution in [0.2, 0.25) is 0 Å². The Hall–Kier alpha value is -0.600. The maximum Gasteiger partial charge on any atom is 0.136 e. The first-order chi connectivity index (χ1) is 13.5. The third kappa shape index (κ3) is 6.73. The summed E-state index contributed by atoms with van der Waals surface area (Å²) in [5.74, 6) is 1.14. The SMILES string of the molecule is CON(CCCc1ccc(N(CCCl)CCCl)cc1)[C@H]1C[C@@H](O)[C@H](O)[C@@H](C)O1. The number of aryl methyl sites for hydroxylation is 1. The minimum Gasteiger partial charge on any atom is -0.390 e. The molecule has 0 radical (unpaired) electrons. The van der Waals surface area contributed by atoms with Gasteiger partial charge in [-0.05, 0) is 37.5 Å². The van der Waals surface area contributed by atoms with Gasteiger partial charge in [0.05, 0.1) is 19.3 Å². The van der Waals surface area contributed by atoms with Gasteiger partial charge in [0.15, 0.2) is 0 Å². The quantitative estimate of drug-likeness (QED) is 0.412. The Morgan fingerprint density at radius 2 is 1.75 bits per heavy atom. The van der Waals surface area contributed by atoms with Crippen molar-refractivity contribution in [2.75, 3.05) is 43.4 Å². The van der Waals surface area contributed by atoms with Crippen molar-refractivity contribution in [1.29, 1.82) is 0 Å². The summed E-state index contributed by atoms with van der Waals surface area (Å²) in [5.41, 5.74) is 2.37. The van der Waals surface area contributed by atoms with Crippen LogP contribution in [0.25, 0.3) is 0 Å². The highest BCUT2D eigenvalue weighted by Crippen LogP contribution is 2.23. The zero-order chi connectivity index (χ0) is 20.5. The molecule has 6 nitrogen and oxygen atoms in total. The lowest BCUT2D eigenvalue weighted by atomic mass is 10.0. The highest BCUT2D eigenvalue weighted by atomic mass is 35.5. The number of rotatable bonds is 11. The number of halogens is 2. The molecule has 2 N–H and O–H groups in total. The summed E-state index contributed by atoms with van der Waals surface area (Å²) in [4.78, 5) is 7.63. The maximum atomic E-state index is 9.98. The van der Waals surface area contributed by atoms with Crippen LogP contribution in [-0.4, -0.2) is 78.3 Å². The highest BCUT2D eigenvalue weighted by Gasteiger charge is 2.36. The third-order valence-electron chi connectivity index (χ3n) is 5.10. The average molecular weight is 435 g/mol. The fourth-order valence-corrected chi connectivity index (χ4v) is 3.88. The summed E-state index contributed by atoms with van der Waals surface area (Å²) in [6, 6.07) is 8.46. The van der Waals surface area contributed by atoms with E-state index in [9.17, 15) is 10.2 Å². The fourth-order valence-electron chi connectivity index (χ4n) is 3.47. The van der Waals surface area contributed by atoms with E-state index in [4.69, 9.17) is 32.8 Å². The highest BCUT2D eigenvalue weighted by molar-refractivity contribution is 6.18. The lowest BCUT2D eigenvalue weighted by molar-refractivity contribution is -0.288. The maximum absolute atomic E-state index is 9.98. The van der Waals surface area contributed by atoms with Crippen LogP contribution in [0.3, 0.4) is 0 Å². The Bertz CT molecular complexity index is 546. The number of alkyl halides is 2. The Labute approximate surface area is 177 Å². The molecule has 8 heteroatoms. The van der Waals surface area contributed by atoms with Gasteiger partial charge in [0.2, 0.25) is 0 Å². The number of ether oxygens (including phenoxy) is 1. The molecule has 0 aliphatic carbocycles. The minimum absolute atomic E-state index is 0.324. The van der Waals surface area contributed by atoms with Gasteiger partial charge in [-0.25, -0.2) is 0 Å². The largest absolute Gasteiger partial charge is 0.390 e. The van der Waals surface area contributed by atoms with Crippen LogP contribution < -0.4 is 4.90 Å². The summed E-state index contributed by atoms with van der Waals surface area (Å²) >= 11 is 11.7. The van der Waals surface area contributed by atoms with E-state index in [1.54, 1.807) is 19.1 Å². The summed E-state index contributed by atoms with van der Waals surface area (Å²) in [6.07, 6.45) is -0.339. The van der Waals surface area contributed by atoms with Crippen LogP contribution in [0.4, 0.5) is 5.69 Å². The zero-order valence-electron chi connectivity index (χ0n) is 16.6. The van der Waals surface area contributed by atoms with Crippen LogP contribution in [0.1, 0.15) is 25.3 Å². The molecule has 1 heterocycles. The van der Waals surface area contributed by atoms with Crippen molar-refractivity contribution < 1.29 is 19.8 Å². The molecule has 0 unspecified atom stereocenters. The van der Waals surface area contributed by atoms with E-state index in [-0.39, 0.29) is 6.23 Å². The van der Waals surface area contributed by atoms with Crippen LogP contribution in [0.5, 0.6) is 0 Å². The summed E-state index contributed by atoms with van der Waals surface area (Å²) in [5, 5.41) is 21.5. The van der Waals surface area contributed by atoms with Crippen molar-refractivity contribution in [2.45, 2.75) is 50.7 Å². The molecular weight excluding hydrogens is 403 g/mol. The molecule has 160 valence electrons. The number of aliphatic hydroxyl groups excluding tert-OH is 2. The predicted octanol–water partition coefficient (Wildman–Crippen LogP) is 2.62. The topological polar surface area (TPSA) is 65.4 Å². The van der Waals surface area contributed by atoms with Crippen molar-refractivity contribution in [1.82, 2.24) is 5.06 Å². The lowest BCUT2D eigenvalue weighted by Gasteiger charge is -2.39. The normalized spacial score (nSPS) is 25.2. The first-order valence-corrected chi connectivity index (χ1v) is 10.8. The van der Waals surface area contributed by atoms with Gasteiger partial charge in [-0.3, -0.25) is 4.84 Å². The van der Waals surface area contributed by atoms with Crippen molar-refractivity contribution in [2.24, 2.45) is 0 Å². The number of benzene rings is 1. The lowest BCUT2D eigenvalue weighted by Crippen LogP contribution is -2.52. The van der Waals surface area contributed by atoms with Crippen LogP contribution in [0, 0.1) is 0 Å². The molecule has 1 saturated heterocycles. The summed E-state index contributed by atoms with van der Waals surface area (Å²) in [7, 11) is 1.60. The molecule has 4 atom stereocenters. The molecule has 0 amide bonds. The number of aliphatic hydroxyl groups is 2. The second-order valence-electron chi connectivity index (χ2n) is 7.05. The van der Waals surface area contributed by atoms with Crippen LogP contribution in [0.15, 0.2) is 24.3 Å². The monoisotopic (exact) mass is 434 g/mol. The Balaban J connectivity index is 1.84. The van der Waals surface area contributed by atoms with E-state index < -0.39 is 18.3 Å². The molecular formula is C20H32Cl2N2O4. The van der Waals surface area contributed by atoms with Gasteiger partial charge >= 0.3 is 0 Å². The standard InChI is InChI=1S/C20H32Cl2N2O4/c1-15-20(26)18(25)14-19(28-15)24(27-2)11-3-4-16-5-7-17(8-6-16)23(12-9-21)13-10-22/h5-8,15,18-20,25-26H,3-4,9-14H2,1-2H3/t15-,18-,19-,20-/m1/s1. The van der Waals surface area contributed by atoms with Crippen LogP contribution in [-0.2, 0) is 16.0 Å². The molecule has 2 rings (SSSR count). The molecule has 0 bridgehead atoms. The molecule has 1 aliphatic heterocycles. The Kier molecular flexibility index (Phi) is 10.3. The van der Waals surface area contributed by atoms with Crippen molar-refractivity contribution in [3.8, 4) is 0 Å². The van der Waals surface area contributed by atoms with Gasteiger partial charge in [0, 0.05) is 43.5 Å². The average Bonchev–Trinajstić information content (AvgIpc) is 2.69. The number of anilines is 1. The minimum atomic E-state index is -0.856. The van der Waals surface area contributed by atoms with E-state index in [0.29, 0.717) is 24.7 Å². The molecule has 1 aromatic rings. The molecule has 28 heavy (non-hydrogen) atoms. The van der Waals surface area contributed by atoms with Gasteiger partial charge in [-0.15, -0.1) is 23.2 Å². The third-order valence-corrected chi connectivity index (χ3v) is 5.44. The van der Waals surface area contributed by atoms with E-state index in [2.05, 4.69) is 29.2 Å². The smallest absolute Gasteiger partial charge is 0.136 e. The van der Waals surface area contributed by atoms with Gasteiger partial charge < -0.3 is 19.8 Å². The first-order valence-electron chi connectivity index (χ1n) is 9.78. The zero-order valence-corrected chi connectivity index (χ0v) is 18.1. The molecule has 0 saturated carbocycles. The van der Waals surface area contributed by atoms with Gasteiger partial charge in [0.25, 0.3) is 0 Å². The van der Waals surface area contributed by atoms with Gasteiger partial charge in [0.1, 0.15) is 12.3 Å². The first kappa shape index (κ1) is 23.7. The van der Waals surface area contributed by atoms with Crippen molar-refractivity contribution in [3.63, 3.8) is 0 Å². The molecule has 1 aliphatic rings. The molecule has 1 fully saturated rings. The van der Waals surface area contributed by atoms with Crippen molar-refractivity contribution in [3.05, 3.63) is 29.8 Å². The van der Waals surface area contributed by atoms with E-state index in [1.807, 2.05) is 0 Å². The van der Waals surface area contributed by atoms with E-state index in [1.165, 1.54) is 5.56 Å². The fraction of sp³-hybridized carbons (Fsp3) is 0.700. The summed E-state index contributed by atoms with van der Waals surface area (Å²) < 4.78 is 5.78. The number of hydrogen-bond donors (Lipinski definition) is 2.